The minimum absolute atomic E-state index is 0.0770. The maximum Gasteiger partial charge on any atom is 0.257 e. The van der Waals surface area contributed by atoms with Crippen molar-refractivity contribution in [3.63, 3.8) is 0 Å². The molecule has 0 atom stereocenters. The molecule has 0 unspecified atom stereocenters. The quantitative estimate of drug-likeness (QED) is 0.895. The number of nitrogens with zero attached hydrogens (tertiary/aromatic N) is 1. The molecular weight excluding hydrogens is 320 g/mol. The number of aromatic nitrogens is 1. The Labute approximate surface area is 137 Å². The van der Waals surface area contributed by atoms with E-state index >= 15 is 0 Å². The number of carbonyl (C=O) groups is 2. The van der Waals surface area contributed by atoms with Crippen LogP contribution in [-0.2, 0) is 6.42 Å². The molecule has 4 nitrogen and oxygen atoms in total. The van der Waals surface area contributed by atoms with Crippen LogP contribution in [0.5, 0.6) is 0 Å². The first-order chi connectivity index (χ1) is 10.3. The summed E-state index contributed by atoms with van der Waals surface area (Å²) in [7, 11) is 0. The number of anilines is 1. The highest BCUT2D eigenvalue weighted by atomic mass is 35.5. The summed E-state index contributed by atoms with van der Waals surface area (Å²) < 4.78 is 0. The zero-order valence-corrected chi connectivity index (χ0v) is 13.8. The standard InChI is InChI=1S/C16H15ClN2O2S/c1-16(2)7-11-13(12(20)8-16)22-15(18-11)19-14(21)9-4-3-5-10(17)6-9/h3-6H,7-8H2,1-2H3,(H,18,19,21). The van der Waals surface area contributed by atoms with E-state index in [1.165, 1.54) is 11.3 Å². The molecule has 0 radical (unpaired) electrons. The Morgan fingerprint density at radius 3 is 2.86 bits per heavy atom. The first-order valence-corrected chi connectivity index (χ1v) is 8.13. The number of Topliss-reactive ketones (excluding diaryl/α,β-unsaturated/α-hetero) is 1. The van der Waals surface area contributed by atoms with E-state index in [9.17, 15) is 9.59 Å². The fourth-order valence-corrected chi connectivity index (χ4v) is 3.68. The van der Waals surface area contributed by atoms with Crippen molar-refractivity contribution in [2.45, 2.75) is 26.7 Å². The molecule has 1 aromatic carbocycles. The van der Waals surface area contributed by atoms with Gasteiger partial charge in [-0.25, -0.2) is 4.98 Å². The summed E-state index contributed by atoms with van der Waals surface area (Å²) in [4.78, 5) is 29.4. The number of hydrogen-bond acceptors (Lipinski definition) is 4. The Morgan fingerprint density at radius 1 is 1.36 bits per heavy atom. The highest BCUT2D eigenvalue weighted by Crippen LogP contribution is 2.38. The average molecular weight is 335 g/mol. The van der Waals surface area contributed by atoms with Crippen LogP contribution in [0.2, 0.25) is 5.02 Å². The molecule has 1 amide bonds. The van der Waals surface area contributed by atoms with Gasteiger partial charge in [0.15, 0.2) is 10.9 Å². The lowest BCUT2D eigenvalue weighted by molar-refractivity contribution is 0.0915. The van der Waals surface area contributed by atoms with Gasteiger partial charge in [-0.05, 0) is 30.0 Å². The van der Waals surface area contributed by atoms with E-state index in [1.807, 2.05) is 0 Å². The fourth-order valence-electron chi connectivity index (χ4n) is 2.57. The number of carbonyl (C=O) groups excluding carboxylic acids is 2. The number of halogens is 1. The molecule has 114 valence electrons. The Morgan fingerprint density at radius 2 is 2.14 bits per heavy atom. The Bertz CT molecular complexity index is 767. The summed E-state index contributed by atoms with van der Waals surface area (Å²) in [5.41, 5.74) is 1.17. The van der Waals surface area contributed by atoms with E-state index in [4.69, 9.17) is 11.6 Å². The van der Waals surface area contributed by atoms with Gasteiger partial charge in [0, 0.05) is 17.0 Å². The van der Waals surface area contributed by atoms with Gasteiger partial charge in [0.1, 0.15) is 0 Å². The summed E-state index contributed by atoms with van der Waals surface area (Å²) in [6.07, 6.45) is 1.27. The van der Waals surface area contributed by atoms with Crippen LogP contribution in [0.15, 0.2) is 24.3 Å². The first-order valence-electron chi connectivity index (χ1n) is 6.94. The molecule has 1 N–H and O–H groups in total. The monoisotopic (exact) mass is 334 g/mol. The van der Waals surface area contributed by atoms with Gasteiger partial charge in [-0.2, -0.15) is 0 Å². The summed E-state index contributed by atoms with van der Waals surface area (Å²) >= 11 is 7.13. The second kappa shape index (κ2) is 5.48. The second-order valence-electron chi connectivity index (χ2n) is 6.20. The molecule has 22 heavy (non-hydrogen) atoms. The van der Waals surface area contributed by atoms with E-state index in [-0.39, 0.29) is 17.1 Å². The van der Waals surface area contributed by atoms with Gasteiger partial charge in [0.25, 0.3) is 5.91 Å². The van der Waals surface area contributed by atoms with Crippen molar-refractivity contribution in [1.82, 2.24) is 4.98 Å². The molecule has 0 bridgehead atoms. The van der Waals surface area contributed by atoms with Gasteiger partial charge in [-0.1, -0.05) is 42.9 Å². The maximum atomic E-state index is 12.2. The summed E-state index contributed by atoms with van der Waals surface area (Å²) in [6.45, 7) is 4.11. The normalized spacial score (nSPS) is 16.2. The largest absolute Gasteiger partial charge is 0.298 e. The molecule has 6 heteroatoms. The van der Waals surface area contributed by atoms with Gasteiger partial charge in [0.2, 0.25) is 0 Å². The van der Waals surface area contributed by atoms with Crippen LogP contribution in [0.25, 0.3) is 0 Å². The first kappa shape index (κ1) is 15.2. The smallest absolute Gasteiger partial charge is 0.257 e. The predicted octanol–water partition coefficient (Wildman–Crippen LogP) is 4.20. The minimum atomic E-state index is -0.277. The summed E-state index contributed by atoms with van der Waals surface area (Å²) in [6, 6.07) is 6.71. The Kier molecular flexibility index (Phi) is 3.78. The van der Waals surface area contributed by atoms with Crippen LogP contribution in [0, 0.1) is 5.41 Å². The number of fused-ring (bicyclic) bond motifs is 1. The van der Waals surface area contributed by atoms with Crippen LogP contribution in [0.3, 0.4) is 0 Å². The lowest BCUT2D eigenvalue weighted by atomic mass is 9.78. The average Bonchev–Trinajstić information content (AvgIpc) is 2.80. The van der Waals surface area contributed by atoms with Crippen molar-refractivity contribution in [3.8, 4) is 0 Å². The number of nitrogens with one attached hydrogen (secondary N) is 1. The van der Waals surface area contributed by atoms with E-state index in [1.54, 1.807) is 24.3 Å². The van der Waals surface area contributed by atoms with Crippen molar-refractivity contribution in [3.05, 3.63) is 45.4 Å². The van der Waals surface area contributed by atoms with E-state index in [2.05, 4.69) is 24.1 Å². The minimum Gasteiger partial charge on any atom is -0.298 e. The topological polar surface area (TPSA) is 59.1 Å². The number of rotatable bonds is 2. The fraction of sp³-hybridized carbons (Fsp3) is 0.312. The second-order valence-corrected chi connectivity index (χ2v) is 7.64. The number of thiazole rings is 1. The van der Waals surface area contributed by atoms with E-state index < -0.39 is 0 Å². The molecule has 0 aliphatic heterocycles. The molecule has 0 saturated carbocycles. The van der Waals surface area contributed by atoms with E-state index in [0.717, 1.165) is 12.1 Å². The van der Waals surface area contributed by atoms with Crippen LogP contribution in [0.4, 0.5) is 5.13 Å². The summed E-state index contributed by atoms with van der Waals surface area (Å²) in [5.74, 6) is -0.174. The van der Waals surface area contributed by atoms with Gasteiger partial charge in [0.05, 0.1) is 10.6 Å². The van der Waals surface area contributed by atoms with Crippen molar-refractivity contribution < 1.29 is 9.59 Å². The number of amides is 1. The van der Waals surface area contributed by atoms with Crippen molar-refractivity contribution >= 4 is 39.8 Å². The molecular formula is C16H15ClN2O2S. The number of ketones is 1. The lowest BCUT2D eigenvalue weighted by Gasteiger charge is -2.26. The highest BCUT2D eigenvalue weighted by molar-refractivity contribution is 7.17. The molecule has 1 aliphatic rings. The molecule has 1 aliphatic carbocycles. The Balaban J connectivity index is 1.83. The number of hydrogen-bond donors (Lipinski definition) is 1. The lowest BCUT2D eigenvalue weighted by Crippen LogP contribution is -2.26. The third-order valence-electron chi connectivity index (χ3n) is 3.54. The molecule has 0 saturated heterocycles. The predicted molar refractivity (Wildman–Crippen MR) is 88.0 cm³/mol. The highest BCUT2D eigenvalue weighted by Gasteiger charge is 2.34. The zero-order chi connectivity index (χ0) is 15.9. The zero-order valence-electron chi connectivity index (χ0n) is 12.3. The van der Waals surface area contributed by atoms with Crippen LogP contribution in [0.1, 0.15) is 46.0 Å². The van der Waals surface area contributed by atoms with E-state index in [0.29, 0.717) is 27.0 Å². The Hall–Kier alpha value is -1.72. The summed E-state index contributed by atoms with van der Waals surface area (Å²) in [5, 5.41) is 3.71. The molecule has 1 aromatic heterocycles. The molecule has 2 aromatic rings. The molecule has 3 rings (SSSR count). The number of benzene rings is 1. The van der Waals surface area contributed by atoms with Gasteiger partial charge in [-0.3, -0.25) is 14.9 Å². The SMILES string of the molecule is CC1(C)CC(=O)c2sc(NC(=O)c3cccc(Cl)c3)nc2C1. The van der Waals surface area contributed by atoms with Crippen LogP contribution in [-0.4, -0.2) is 16.7 Å². The van der Waals surface area contributed by atoms with Crippen LogP contribution >= 0.6 is 22.9 Å². The maximum absolute atomic E-state index is 12.2. The van der Waals surface area contributed by atoms with Gasteiger partial charge >= 0.3 is 0 Å². The van der Waals surface area contributed by atoms with Crippen molar-refractivity contribution in [1.29, 1.82) is 0 Å². The molecule has 0 fully saturated rings. The third kappa shape index (κ3) is 3.05. The van der Waals surface area contributed by atoms with Crippen molar-refractivity contribution in [2.75, 3.05) is 5.32 Å². The third-order valence-corrected chi connectivity index (χ3v) is 4.83. The van der Waals surface area contributed by atoms with Gasteiger partial charge in [-0.15, -0.1) is 0 Å². The molecule has 1 heterocycles. The van der Waals surface area contributed by atoms with Crippen molar-refractivity contribution in [2.24, 2.45) is 5.41 Å². The van der Waals surface area contributed by atoms with Crippen LogP contribution < -0.4 is 5.32 Å². The molecule has 0 spiro atoms. The van der Waals surface area contributed by atoms with Gasteiger partial charge < -0.3 is 0 Å².